The van der Waals surface area contributed by atoms with Crippen molar-refractivity contribution in [3.8, 4) is 0 Å². The van der Waals surface area contributed by atoms with Crippen molar-refractivity contribution < 1.29 is 59.7 Å². The second-order valence-corrected chi connectivity index (χ2v) is 8.01. The number of hydrogen-bond donors (Lipinski definition) is 0. The molecule has 2 aromatic carbocycles. The maximum absolute atomic E-state index is 7.50. The summed E-state index contributed by atoms with van der Waals surface area (Å²) in [6, 6.07) is 18.4. The fraction of sp³-hybridized carbons (Fsp3) is 0.400. The van der Waals surface area contributed by atoms with Crippen molar-refractivity contribution in [3.05, 3.63) is 80.1 Å². The van der Waals surface area contributed by atoms with E-state index in [2.05, 4.69) is 38.2 Å². The van der Waals surface area contributed by atoms with Gasteiger partial charge in [-0.2, -0.15) is 0 Å². The predicted molar refractivity (Wildman–Crippen MR) is 120 cm³/mol. The number of fused-ring (bicyclic) bond motifs is 1. The summed E-state index contributed by atoms with van der Waals surface area (Å²) in [6.45, 7) is 13.9. The first kappa shape index (κ1) is 34.3. The number of hydrogen-bond acceptors (Lipinski definition) is 7. The van der Waals surface area contributed by atoms with Crippen molar-refractivity contribution in [3.63, 3.8) is 0 Å². The molecule has 2 aliphatic heterocycles. The summed E-state index contributed by atoms with van der Waals surface area (Å²) in [5.41, 5.74) is 0.984. The van der Waals surface area contributed by atoms with E-state index in [9.17, 15) is 0 Å². The van der Waals surface area contributed by atoms with Crippen LogP contribution in [0.3, 0.4) is 0 Å². The Hall–Kier alpha value is -1.70. The minimum Gasteiger partial charge on any atom is 0 e. The first-order valence-electron chi connectivity index (χ1n) is 10.2. The zero-order chi connectivity index (χ0) is 26.2. The quantitative estimate of drug-likeness (QED) is 0.396. The third-order valence-electron chi connectivity index (χ3n) is 5.20. The molecule has 2 saturated heterocycles. The summed E-state index contributed by atoms with van der Waals surface area (Å²) >= 11 is 1.69. The molecule has 11 heteroatoms. The van der Waals surface area contributed by atoms with Crippen molar-refractivity contribution in [1.29, 1.82) is 0 Å². The molecule has 2 aromatic rings. The van der Waals surface area contributed by atoms with Crippen molar-refractivity contribution in [2.24, 2.45) is 0 Å². The normalized spacial score (nSPS) is 25.9. The van der Waals surface area contributed by atoms with Gasteiger partial charge in [-0.1, -0.05) is 48.2 Å². The van der Waals surface area contributed by atoms with Gasteiger partial charge in [0.05, 0.1) is 6.61 Å². The number of rotatable bonds is 6. The number of methoxy groups -OCH3 is 3. The second kappa shape index (κ2) is 19.4. The molecule has 0 saturated carbocycles. The summed E-state index contributed by atoms with van der Waals surface area (Å²) in [6.07, 6.45) is -2.38. The number of benzene rings is 2. The van der Waals surface area contributed by atoms with Crippen LogP contribution in [0, 0.1) is 20.0 Å². The van der Waals surface area contributed by atoms with Crippen LogP contribution >= 0.6 is 11.8 Å². The summed E-state index contributed by atoms with van der Waals surface area (Å²) in [5, 5.41) is 0. The zero-order valence-electron chi connectivity index (χ0n) is 19.9. The molecule has 0 bridgehead atoms. The van der Waals surface area contributed by atoms with Crippen LogP contribution in [-0.4, -0.2) is 58.6 Å². The first-order valence-corrected chi connectivity index (χ1v) is 11.0. The minimum atomic E-state index is -0.532. The Kier molecular flexibility index (Phi) is 18.5. The van der Waals surface area contributed by atoms with E-state index in [4.69, 9.17) is 42.4 Å². The zero-order valence-corrected chi connectivity index (χ0v) is 21.9. The van der Waals surface area contributed by atoms with Gasteiger partial charge in [0.15, 0.2) is 12.6 Å². The average Bonchev–Trinajstić information content (AvgIpc) is 2.95. The standard InChI is InChI=1S/C22H26O6S.3CO.Cr/c1-23-19-18-16(27-22(25-3)20(19)24-2)13-26-21(28-18)15-11-7-8-12-17(15)29-14-9-5-4-6-10-14;3*1-2;/h4-12,16,18-22H,13H2,1-3H3;;;;/t16?,18-,19+,20-,21-,22+;;;;/m1..../s1. The molecule has 36 heavy (non-hydrogen) atoms. The molecule has 192 valence electrons. The Bertz CT molecular complexity index is 910. The van der Waals surface area contributed by atoms with Crippen LogP contribution in [0.4, 0.5) is 0 Å². The van der Waals surface area contributed by atoms with Crippen molar-refractivity contribution in [2.45, 2.75) is 46.8 Å². The van der Waals surface area contributed by atoms with E-state index in [0.29, 0.717) is 6.61 Å². The third kappa shape index (κ3) is 8.70. The van der Waals surface area contributed by atoms with Crippen LogP contribution in [0.15, 0.2) is 64.4 Å². The number of ether oxygens (including phenoxy) is 6. The summed E-state index contributed by atoms with van der Waals surface area (Å²) in [4.78, 5) is 2.25. The smallest absolute Gasteiger partial charge is 0 e. The molecule has 0 N–H and O–H groups in total. The van der Waals surface area contributed by atoms with Gasteiger partial charge in [0.25, 0.3) is 0 Å². The SMILES string of the molecule is CO[C@H]1OC2CO[C@@H](c3ccccc3Sc3ccccc3)O[C@H]2[C@H](OC)[C@H]1OC.[C-]#[O+].[C-]#[O+].[C-]#[O+].[Cr]. The molecular formula is C25H26CrO9S. The Labute approximate surface area is 226 Å². The van der Waals surface area contributed by atoms with Crippen LogP contribution in [0.5, 0.6) is 0 Å². The topological polar surface area (TPSA) is 115 Å². The minimum absolute atomic E-state index is 0. The van der Waals surface area contributed by atoms with E-state index in [-0.39, 0.29) is 41.8 Å². The summed E-state index contributed by atoms with van der Waals surface area (Å²) in [7, 11) is 4.86. The molecule has 0 radical (unpaired) electrons. The molecule has 0 aromatic heterocycles. The van der Waals surface area contributed by atoms with Gasteiger partial charge >= 0.3 is 33.9 Å². The van der Waals surface area contributed by atoms with Crippen LogP contribution in [-0.2, 0) is 59.7 Å². The molecule has 2 aliphatic rings. The molecule has 0 spiro atoms. The molecule has 2 heterocycles. The van der Waals surface area contributed by atoms with Crippen LogP contribution in [0.1, 0.15) is 11.9 Å². The Balaban J connectivity index is 0.00000163. The fourth-order valence-electron chi connectivity index (χ4n) is 3.79. The molecule has 0 amide bonds. The molecular weight excluding hydrogens is 528 g/mol. The largest absolute Gasteiger partial charge is 0 e. The second-order valence-electron chi connectivity index (χ2n) is 6.90. The predicted octanol–water partition coefficient (Wildman–Crippen LogP) is 3.54. The molecule has 0 aliphatic carbocycles. The van der Waals surface area contributed by atoms with Crippen LogP contribution in [0.2, 0.25) is 0 Å². The monoisotopic (exact) mass is 554 g/mol. The van der Waals surface area contributed by atoms with Crippen molar-refractivity contribution in [1.82, 2.24) is 0 Å². The first-order chi connectivity index (χ1) is 17.2. The van der Waals surface area contributed by atoms with Crippen molar-refractivity contribution >= 4 is 11.8 Å². The van der Waals surface area contributed by atoms with Crippen LogP contribution in [0.25, 0.3) is 0 Å². The van der Waals surface area contributed by atoms with Gasteiger partial charge in [-0.3, -0.25) is 0 Å². The van der Waals surface area contributed by atoms with Gasteiger partial charge in [0, 0.05) is 54.0 Å². The molecule has 6 atom stereocenters. The van der Waals surface area contributed by atoms with Gasteiger partial charge in [-0.25, -0.2) is 0 Å². The van der Waals surface area contributed by atoms with E-state index in [1.165, 1.54) is 0 Å². The fourth-order valence-corrected chi connectivity index (χ4v) is 4.77. The molecule has 1 unspecified atom stereocenters. The maximum Gasteiger partial charge on any atom is 0 e. The van der Waals surface area contributed by atoms with E-state index in [1.807, 2.05) is 36.4 Å². The van der Waals surface area contributed by atoms with Gasteiger partial charge < -0.3 is 28.4 Å². The third-order valence-corrected chi connectivity index (χ3v) is 6.30. The Morgan fingerprint density at radius 2 is 1.36 bits per heavy atom. The van der Waals surface area contributed by atoms with Gasteiger partial charge in [-0.05, 0) is 18.2 Å². The molecule has 2 fully saturated rings. The molecule has 4 rings (SSSR count). The van der Waals surface area contributed by atoms with E-state index in [0.717, 1.165) is 15.4 Å². The Morgan fingerprint density at radius 3 is 1.94 bits per heavy atom. The average molecular weight is 555 g/mol. The van der Waals surface area contributed by atoms with Gasteiger partial charge in [0.1, 0.15) is 24.4 Å². The van der Waals surface area contributed by atoms with E-state index >= 15 is 0 Å². The Morgan fingerprint density at radius 1 is 0.778 bits per heavy atom. The van der Waals surface area contributed by atoms with Crippen LogP contribution < -0.4 is 0 Å². The van der Waals surface area contributed by atoms with Crippen molar-refractivity contribution in [2.75, 3.05) is 27.9 Å². The summed E-state index contributed by atoms with van der Waals surface area (Å²) < 4.78 is 57.7. The van der Waals surface area contributed by atoms with Gasteiger partial charge in [-0.15, -0.1) is 0 Å². The van der Waals surface area contributed by atoms with E-state index in [1.54, 1.807) is 33.1 Å². The van der Waals surface area contributed by atoms with E-state index < -0.39 is 12.6 Å². The summed E-state index contributed by atoms with van der Waals surface area (Å²) in [5.74, 6) is 0. The maximum atomic E-state index is 7.50. The molecule has 9 nitrogen and oxygen atoms in total. The van der Waals surface area contributed by atoms with Gasteiger partial charge in [0.2, 0.25) is 0 Å².